The normalized spacial score (nSPS) is 19.7. The SMILES string of the molecule is Cc1cc(F)ccc1CC1(O)CCCCC1. The molecule has 16 heavy (non-hydrogen) atoms. The van der Waals surface area contributed by atoms with Crippen LogP contribution in [0.15, 0.2) is 18.2 Å². The molecule has 1 aliphatic rings. The third-order valence-corrected chi connectivity index (χ3v) is 3.61. The highest BCUT2D eigenvalue weighted by Crippen LogP contribution is 2.31. The molecule has 0 spiro atoms. The van der Waals surface area contributed by atoms with Crippen LogP contribution in [0.2, 0.25) is 0 Å². The molecule has 1 fully saturated rings. The molecule has 1 aliphatic carbocycles. The average Bonchev–Trinajstić information content (AvgIpc) is 2.23. The molecule has 88 valence electrons. The number of halogens is 1. The van der Waals surface area contributed by atoms with Crippen molar-refractivity contribution < 1.29 is 9.50 Å². The molecule has 1 aromatic rings. The minimum atomic E-state index is -0.555. The molecule has 0 aliphatic heterocycles. The van der Waals surface area contributed by atoms with Crippen LogP contribution in [0.4, 0.5) is 4.39 Å². The molecule has 1 N–H and O–H groups in total. The number of benzene rings is 1. The third kappa shape index (κ3) is 2.62. The van der Waals surface area contributed by atoms with Crippen molar-refractivity contribution in [2.24, 2.45) is 0 Å². The van der Waals surface area contributed by atoms with Crippen LogP contribution in [0.1, 0.15) is 43.2 Å². The van der Waals surface area contributed by atoms with Crippen molar-refractivity contribution >= 4 is 0 Å². The van der Waals surface area contributed by atoms with Crippen molar-refractivity contribution in [3.8, 4) is 0 Å². The van der Waals surface area contributed by atoms with Gasteiger partial charge in [-0.15, -0.1) is 0 Å². The zero-order chi connectivity index (χ0) is 11.6. The van der Waals surface area contributed by atoms with Crippen LogP contribution >= 0.6 is 0 Å². The second-order valence-electron chi connectivity index (χ2n) is 5.03. The van der Waals surface area contributed by atoms with Gasteiger partial charge in [-0.2, -0.15) is 0 Å². The maximum Gasteiger partial charge on any atom is 0.123 e. The Labute approximate surface area is 96.3 Å². The van der Waals surface area contributed by atoms with E-state index in [2.05, 4.69) is 0 Å². The molecule has 0 amide bonds. The zero-order valence-electron chi connectivity index (χ0n) is 9.80. The average molecular weight is 222 g/mol. The first kappa shape index (κ1) is 11.6. The molecular formula is C14H19FO. The van der Waals surface area contributed by atoms with E-state index in [9.17, 15) is 9.50 Å². The Morgan fingerprint density at radius 2 is 1.94 bits per heavy atom. The molecule has 1 saturated carbocycles. The summed E-state index contributed by atoms with van der Waals surface area (Å²) in [6.07, 6.45) is 5.87. The summed E-state index contributed by atoms with van der Waals surface area (Å²) in [5, 5.41) is 10.4. The van der Waals surface area contributed by atoms with Crippen molar-refractivity contribution in [1.82, 2.24) is 0 Å². The van der Waals surface area contributed by atoms with Crippen molar-refractivity contribution in [2.75, 3.05) is 0 Å². The molecule has 0 atom stereocenters. The maximum atomic E-state index is 13.0. The fraction of sp³-hybridized carbons (Fsp3) is 0.571. The van der Waals surface area contributed by atoms with Gasteiger partial charge in [0.2, 0.25) is 0 Å². The highest BCUT2D eigenvalue weighted by molar-refractivity contribution is 5.28. The Balaban J connectivity index is 2.13. The van der Waals surface area contributed by atoms with Gasteiger partial charge < -0.3 is 5.11 Å². The van der Waals surface area contributed by atoms with E-state index in [1.165, 1.54) is 12.5 Å². The molecule has 0 saturated heterocycles. The standard InChI is InChI=1S/C14H19FO/c1-11-9-13(15)6-5-12(11)10-14(16)7-3-2-4-8-14/h5-6,9,16H,2-4,7-8,10H2,1H3. The van der Waals surface area contributed by atoms with Crippen LogP contribution in [0.3, 0.4) is 0 Å². The van der Waals surface area contributed by atoms with Gasteiger partial charge in [0.1, 0.15) is 5.82 Å². The second kappa shape index (κ2) is 4.54. The summed E-state index contributed by atoms with van der Waals surface area (Å²) in [4.78, 5) is 0. The zero-order valence-corrected chi connectivity index (χ0v) is 9.80. The molecule has 0 radical (unpaired) electrons. The monoisotopic (exact) mass is 222 g/mol. The van der Waals surface area contributed by atoms with Crippen LogP contribution in [0, 0.1) is 12.7 Å². The summed E-state index contributed by atoms with van der Waals surface area (Å²) in [7, 11) is 0. The lowest BCUT2D eigenvalue weighted by atomic mass is 9.80. The van der Waals surface area contributed by atoms with E-state index >= 15 is 0 Å². The van der Waals surface area contributed by atoms with Gasteiger partial charge in [-0.05, 0) is 43.0 Å². The van der Waals surface area contributed by atoms with Gasteiger partial charge >= 0.3 is 0 Å². The van der Waals surface area contributed by atoms with Gasteiger partial charge in [-0.1, -0.05) is 25.3 Å². The number of hydrogen-bond donors (Lipinski definition) is 1. The fourth-order valence-electron chi connectivity index (χ4n) is 2.60. The molecule has 0 heterocycles. The second-order valence-corrected chi connectivity index (χ2v) is 5.03. The molecule has 0 aromatic heterocycles. The quantitative estimate of drug-likeness (QED) is 0.813. The third-order valence-electron chi connectivity index (χ3n) is 3.61. The van der Waals surface area contributed by atoms with Gasteiger partial charge in [-0.3, -0.25) is 0 Å². The minimum Gasteiger partial charge on any atom is -0.390 e. The minimum absolute atomic E-state index is 0.197. The van der Waals surface area contributed by atoms with Crippen molar-refractivity contribution in [1.29, 1.82) is 0 Å². The van der Waals surface area contributed by atoms with E-state index in [1.54, 1.807) is 12.1 Å². The lowest BCUT2D eigenvalue weighted by Crippen LogP contribution is -2.34. The Morgan fingerprint density at radius 1 is 1.25 bits per heavy atom. The summed E-state index contributed by atoms with van der Waals surface area (Å²) >= 11 is 0. The summed E-state index contributed by atoms with van der Waals surface area (Å²) in [5.41, 5.74) is 1.46. The van der Waals surface area contributed by atoms with E-state index in [1.807, 2.05) is 6.92 Å². The van der Waals surface area contributed by atoms with E-state index in [0.29, 0.717) is 6.42 Å². The van der Waals surface area contributed by atoms with Crippen LogP contribution in [-0.4, -0.2) is 10.7 Å². The first-order valence-electron chi connectivity index (χ1n) is 6.06. The number of aliphatic hydroxyl groups is 1. The first-order valence-corrected chi connectivity index (χ1v) is 6.06. The van der Waals surface area contributed by atoms with Gasteiger partial charge in [0.15, 0.2) is 0 Å². The predicted octanol–water partition coefficient (Wildman–Crippen LogP) is 3.37. The lowest BCUT2D eigenvalue weighted by Gasteiger charge is -2.32. The summed E-state index contributed by atoms with van der Waals surface area (Å²) in [6.45, 7) is 1.91. The molecule has 0 bridgehead atoms. The molecular weight excluding hydrogens is 203 g/mol. The highest BCUT2D eigenvalue weighted by Gasteiger charge is 2.29. The molecule has 1 nitrogen and oxygen atoms in total. The van der Waals surface area contributed by atoms with E-state index in [4.69, 9.17) is 0 Å². The Morgan fingerprint density at radius 3 is 2.56 bits per heavy atom. The Hall–Kier alpha value is -0.890. The molecule has 0 unspecified atom stereocenters. The van der Waals surface area contributed by atoms with Crippen LogP contribution in [-0.2, 0) is 6.42 Å². The number of hydrogen-bond acceptors (Lipinski definition) is 1. The van der Waals surface area contributed by atoms with Crippen LogP contribution in [0.25, 0.3) is 0 Å². The van der Waals surface area contributed by atoms with Gasteiger partial charge in [0.05, 0.1) is 5.60 Å². The van der Waals surface area contributed by atoms with E-state index in [-0.39, 0.29) is 5.82 Å². The lowest BCUT2D eigenvalue weighted by molar-refractivity contribution is 0.00434. The first-order chi connectivity index (χ1) is 7.59. The van der Waals surface area contributed by atoms with Crippen LogP contribution < -0.4 is 0 Å². The molecule has 1 aromatic carbocycles. The fourth-order valence-corrected chi connectivity index (χ4v) is 2.60. The van der Waals surface area contributed by atoms with E-state index < -0.39 is 5.60 Å². The topological polar surface area (TPSA) is 20.2 Å². The van der Waals surface area contributed by atoms with Gasteiger partial charge in [-0.25, -0.2) is 4.39 Å². The van der Waals surface area contributed by atoms with Crippen LogP contribution in [0.5, 0.6) is 0 Å². The predicted molar refractivity (Wildman–Crippen MR) is 62.9 cm³/mol. The van der Waals surface area contributed by atoms with Crippen molar-refractivity contribution in [3.05, 3.63) is 35.1 Å². The van der Waals surface area contributed by atoms with Gasteiger partial charge in [0.25, 0.3) is 0 Å². The van der Waals surface area contributed by atoms with E-state index in [0.717, 1.165) is 36.8 Å². The highest BCUT2D eigenvalue weighted by atomic mass is 19.1. The Bertz CT molecular complexity index is 367. The summed E-state index contributed by atoms with van der Waals surface area (Å²) in [6, 6.07) is 4.83. The van der Waals surface area contributed by atoms with Gasteiger partial charge in [0, 0.05) is 6.42 Å². The molecule has 2 rings (SSSR count). The van der Waals surface area contributed by atoms with Crippen molar-refractivity contribution in [3.63, 3.8) is 0 Å². The largest absolute Gasteiger partial charge is 0.390 e. The molecule has 2 heteroatoms. The maximum absolute atomic E-state index is 13.0. The Kier molecular flexibility index (Phi) is 3.29. The van der Waals surface area contributed by atoms with Crippen molar-refractivity contribution in [2.45, 2.75) is 51.0 Å². The smallest absolute Gasteiger partial charge is 0.123 e. The number of rotatable bonds is 2. The summed E-state index contributed by atoms with van der Waals surface area (Å²) in [5.74, 6) is -0.197. The summed E-state index contributed by atoms with van der Waals surface area (Å²) < 4.78 is 13.0. The number of aryl methyl sites for hydroxylation is 1.